The molecular formula is C15H23NO8. The molecular weight excluding hydrogens is 322 g/mol. The molecule has 0 radical (unpaired) electrons. The van der Waals surface area contributed by atoms with Crippen LogP contribution in [0, 0.1) is 10.8 Å². The summed E-state index contributed by atoms with van der Waals surface area (Å²) in [5.41, 5.74) is 2.54. The largest absolute Gasteiger partial charge is 0.481 e. The molecule has 0 aliphatic heterocycles. The van der Waals surface area contributed by atoms with Crippen LogP contribution < -0.4 is 5.73 Å². The van der Waals surface area contributed by atoms with Gasteiger partial charge in [-0.2, -0.15) is 0 Å². The number of carbonyl (C=O) groups is 4. The van der Waals surface area contributed by atoms with Crippen LogP contribution in [-0.4, -0.2) is 45.9 Å². The molecule has 0 amide bonds. The van der Waals surface area contributed by atoms with Crippen molar-refractivity contribution in [2.24, 2.45) is 16.6 Å². The van der Waals surface area contributed by atoms with E-state index in [1.54, 1.807) is 0 Å². The molecule has 1 unspecified atom stereocenters. The SMILES string of the molecule is NCOC(=O)CC1(CC(=O)O)CCCCC1(CC(=O)O)CC(=O)O. The lowest BCUT2D eigenvalue weighted by Gasteiger charge is -2.52. The summed E-state index contributed by atoms with van der Waals surface area (Å²) < 4.78 is 4.71. The molecule has 9 nitrogen and oxygen atoms in total. The minimum Gasteiger partial charge on any atom is -0.481 e. The lowest BCUT2D eigenvalue weighted by Crippen LogP contribution is -2.50. The second-order valence-corrected chi connectivity index (χ2v) is 6.34. The summed E-state index contributed by atoms with van der Waals surface area (Å²) >= 11 is 0. The highest BCUT2D eigenvalue weighted by Crippen LogP contribution is 2.59. The van der Waals surface area contributed by atoms with E-state index in [1.807, 2.05) is 0 Å². The van der Waals surface area contributed by atoms with E-state index in [-0.39, 0.29) is 26.0 Å². The molecule has 0 spiro atoms. The topological polar surface area (TPSA) is 164 Å². The minimum absolute atomic E-state index is 0.231. The highest BCUT2D eigenvalue weighted by molar-refractivity contribution is 5.76. The molecule has 0 bridgehead atoms. The molecule has 0 saturated heterocycles. The van der Waals surface area contributed by atoms with Crippen molar-refractivity contribution >= 4 is 23.9 Å². The minimum atomic E-state index is -1.32. The van der Waals surface area contributed by atoms with Crippen LogP contribution in [0.5, 0.6) is 0 Å². The van der Waals surface area contributed by atoms with E-state index in [4.69, 9.17) is 10.5 Å². The molecule has 136 valence electrons. The van der Waals surface area contributed by atoms with Gasteiger partial charge in [0.2, 0.25) is 0 Å². The maximum Gasteiger partial charge on any atom is 0.307 e. The van der Waals surface area contributed by atoms with Gasteiger partial charge in [0.05, 0.1) is 25.7 Å². The zero-order chi connectivity index (χ0) is 18.4. The first-order valence-electron chi connectivity index (χ1n) is 7.67. The van der Waals surface area contributed by atoms with Gasteiger partial charge in [0, 0.05) is 0 Å². The Bertz CT molecular complexity index is 502. The van der Waals surface area contributed by atoms with Crippen LogP contribution in [0.3, 0.4) is 0 Å². The Morgan fingerprint density at radius 2 is 1.17 bits per heavy atom. The van der Waals surface area contributed by atoms with Gasteiger partial charge >= 0.3 is 23.9 Å². The third-order valence-electron chi connectivity index (χ3n) is 4.88. The lowest BCUT2D eigenvalue weighted by molar-refractivity contribution is -0.168. The number of hydrogen-bond donors (Lipinski definition) is 4. The van der Waals surface area contributed by atoms with Crippen molar-refractivity contribution in [3.63, 3.8) is 0 Å². The number of rotatable bonds is 9. The third kappa shape index (κ3) is 4.67. The molecule has 1 rings (SSSR count). The van der Waals surface area contributed by atoms with E-state index in [0.717, 1.165) is 0 Å². The van der Waals surface area contributed by atoms with Gasteiger partial charge in [0.1, 0.15) is 6.73 Å². The number of hydrogen-bond acceptors (Lipinski definition) is 6. The van der Waals surface area contributed by atoms with Gasteiger partial charge in [0.15, 0.2) is 0 Å². The van der Waals surface area contributed by atoms with E-state index in [2.05, 4.69) is 0 Å². The normalized spacial score (nSPS) is 22.5. The van der Waals surface area contributed by atoms with Crippen LogP contribution in [0.25, 0.3) is 0 Å². The van der Waals surface area contributed by atoms with E-state index < -0.39 is 54.0 Å². The van der Waals surface area contributed by atoms with Crippen molar-refractivity contribution in [2.75, 3.05) is 6.73 Å². The van der Waals surface area contributed by atoms with E-state index in [0.29, 0.717) is 12.8 Å². The van der Waals surface area contributed by atoms with Crippen LogP contribution in [0.1, 0.15) is 51.4 Å². The lowest BCUT2D eigenvalue weighted by atomic mass is 9.50. The highest BCUT2D eigenvalue weighted by Gasteiger charge is 2.56. The van der Waals surface area contributed by atoms with Crippen LogP contribution in [0.4, 0.5) is 0 Å². The van der Waals surface area contributed by atoms with Gasteiger partial charge in [-0.15, -0.1) is 0 Å². The Kier molecular flexibility index (Phi) is 6.70. The second-order valence-electron chi connectivity index (χ2n) is 6.34. The predicted octanol–water partition coefficient (Wildman–Crippen LogP) is 0.807. The van der Waals surface area contributed by atoms with Crippen LogP contribution in [-0.2, 0) is 23.9 Å². The summed E-state index contributed by atoms with van der Waals surface area (Å²) in [6, 6.07) is 0. The second kappa shape index (κ2) is 8.09. The molecule has 0 heterocycles. The zero-order valence-corrected chi connectivity index (χ0v) is 13.3. The Balaban J connectivity index is 3.37. The van der Waals surface area contributed by atoms with Crippen LogP contribution >= 0.6 is 0 Å². The smallest absolute Gasteiger partial charge is 0.307 e. The van der Waals surface area contributed by atoms with Gasteiger partial charge in [0.25, 0.3) is 0 Å². The molecule has 1 aliphatic rings. The van der Waals surface area contributed by atoms with Gasteiger partial charge in [-0.3, -0.25) is 24.9 Å². The Morgan fingerprint density at radius 1 is 0.792 bits per heavy atom. The summed E-state index contributed by atoms with van der Waals surface area (Å²) in [7, 11) is 0. The fourth-order valence-electron chi connectivity index (χ4n) is 3.97. The van der Waals surface area contributed by atoms with Crippen molar-refractivity contribution in [3.05, 3.63) is 0 Å². The summed E-state index contributed by atoms with van der Waals surface area (Å²) in [6.07, 6.45) is -0.235. The van der Waals surface area contributed by atoms with E-state index >= 15 is 0 Å². The average molecular weight is 345 g/mol. The van der Waals surface area contributed by atoms with Crippen LogP contribution in [0.2, 0.25) is 0 Å². The number of carboxylic acids is 3. The molecule has 1 aliphatic carbocycles. The first-order chi connectivity index (χ1) is 11.2. The van der Waals surface area contributed by atoms with Crippen molar-refractivity contribution in [1.29, 1.82) is 0 Å². The first kappa shape index (κ1) is 19.9. The van der Waals surface area contributed by atoms with Gasteiger partial charge < -0.3 is 20.1 Å². The fourth-order valence-corrected chi connectivity index (χ4v) is 3.97. The molecule has 1 fully saturated rings. The predicted molar refractivity (Wildman–Crippen MR) is 79.9 cm³/mol. The monoisotopic (exact) mass is 345 g/mol. The highest BCUT2D eigenvalue weighted by atomic mass is 16.5. The maximum absolute atomic E-state index is 12.0. The molecule has 5 N–H and O–H groups in total. The molecule has 1 saturated carbocycles. The molecule has 1 atom stereocenters. The molecule has 0 aromatic heterocycles. The number of aliphatic carboxylic acids is 3. The quantitative estimate of drug-likeness (QED) is 0.349. The summed E-state index contributed by atoms with van der Waals surface area (Å²) in [4.78, 5) is 46.1. The van der Waals surface area contributed by atoms with Gasteiger partial charge in [-0.1, -0.05) is 12.8 Å². The standard InChI is InChI=1S/C15H23NO8/c16-9-24-13(23)8-15(7-12(21)22)4-2-1-3-14(15,5-10(17)18)6-11(19)20/h1-9,16H2,(H,17,18)(H,19,20)(H,21,22). The summed E-state index contributed by atoms with van der Waals surface area (Å²) in [6.45, 7) is -0.382. The third-order valence-corrected chi connectivity index (χ3v) is 4.88. The Labute approximate surface area is 138 Å². The van der Waals surface area contributed by atoms with E-state index in [9.17, 15) is 34.5 Å². The number of nitrogens with two attached hydrogens (primary N) is 1. The summed E-state index contributed by atoms with van der Waals surface area (Å²) in [5.74, 6) is -4.40. The van der Waals surface area contributed by atoms with Gasteiger partial charge in [-0.25, -0.2) is 0 Å². The average Bonchev–Trinajstić information content (AvgIpc) is 2.40. The summed E-state index contributed by atoms with van der Waals surface area (Å²) in [5, 5.41) is 27.8. The van der Waals surface area contributed by atoms with E-state index in [1.165, 1.54) is 0 Å². The van der Waals surface area contributed by atoms with Crippen molar-refractivity contribution in [1.82, 2.24) is 0 Å². The zero-order valence-electron chi connectivity index (χ0n) is 13.3. The molecule has 0 aromatic rings. The maximum atomic E-state index is 12.0. The molecule has 0 aromatic carbocycles. The van der Waals surface area contributed by atoms with Crippen molar-refractivity contribution in [2.45, 2.75) is 51.4 Å². The number of esters is 1. The number of carbonyl (C=O) groups excluding carboxylic acids is 1. The van der Waals surface area contributed by atoms with Crippen molar-refractivity contribution < 1.29 is 39.2 Å². The molecule has 24 heavy (non-hydrogen) atoms. The number of carboxylic acid groups (broad SMARTS) is 3. The first-order valence-corrected chi connectivity index (χ1v) is 7.67. The Hall–Kier alpha value is -2.16. The molecule has 9 heteroatoms. The Morgan fingerprint density at radius 3 is 1.50 bits per heavy atom. The van der Waals surface area contributed by atoms with Gasteiger partial charge in [-0.05, 0) is 23.7 Å². The number of ether oxygens (including phenoxy) is 1. The van der Waals surface area contributed by atoms with Crippen LogP contribution in [0.15, 0.2) is 0 Å². The fraction of sp³-hybridized carbons (Fsp3) is 0.733. The van der Waals surface area contributed by atoms with Crippen molar-refractivity contribution in [3.8, 4) is 0 Å².